The highest BCUT2D eigenvalue weighted by Gasteiger charge is 2.15. The summed E-state index contributed by atoms with van der Waals surface area (Å²) >= 11 is 0. The lowest BCUT2D eigenvalue weighted by molar-refractivity contribution is 0.636. The summed E-state index contributed by atoms with van der Waals surface area (Å²) in [7, 11) is 0. The van der Waals surface area contributed by atoms with Gasteiger partial charge < -0.3 is 4.57 Å². The zero-order valence-corrected chi connectivity index (χ0v) is 16.1. The van der Waals surface area contributed by atoms with Gasteiger partial charge in [-0.3, -0.25) is 4.99 Å². The summed E-state index contributed by atoms with van der Waals surface area (Å²) in [4.78, 5) is 4.61. The highest BCUT2D eigenvalue weighted by molar-refractivity contribution is 5.82. The maximum Gasteiger partial charge on any atom is 0.163 e. The Morgan fingerprint density at radius 2 is 1.70 bits per heavy atom. The fraction of sp³-hybridized carbons (Fsp3) is 0.348. The smallest absolute Gasteiger partial charge is 0.163 e. The van der Waals surface area contributed by atoms with Crippen molar-refractivity contribution in [2.45, 2.75) is 52.0 Å². The summed E-state index contributed by atoms with van der Waals surface area (Å²) in [5.74, 6) is 2.65. The van der Waals surface area contributed by atoms with Gasteiger partial charge in [-0.05, 0) is 54.2 Å². The maximum atomic E-state index is 4.61. The Balaban J connectivity index is 1.50. The minimum absolute atomic E-state index is 0.552. The van der Waals surface area contributed by atoms with E-state index < -0.39 is 0 Å². The lowest BCUT2D eigenvalue weighted by atomic mass is 10.0. The first-order chi connectivity index (χ1) is 13.2. The number of aryl methyl sites for hydroxylation is 1. The number of benzene rings is 2. The molecule has 2 heterocycles. The third kappa shape index (κ3) is 4.00. The van der Waals surface area contributed by atoms with E-state index in [-0.39, 0.29) is 0 Å². The van der Waals surface area contributed by atoms with Gasteiger partial charge in [0.25, 0.3) is 0 Å². The van der Waals surface area contributed by atoms with Crippen LogP contribution in [0.4, 0.5) is 5.69 Å². The normalized spacial score (nSPS) is 14.5. The van der Waals surface area contributed by atoms with Crippen LogP contribution in [0, 0.1) is 0 Å². The van der Waals surface area contributed by atoms with Crippen LogP contribution in [0.15, 0.2) is 53.5 Å². The Bertz CT molecular complexity index is 918. The van der Waals surface area contributed by atoms with Gasteiger partial charge in [-0.2, -0.15) is 0 Å². The topological polar surface area (TPSA) is 43.1 Å². The van der Waals surface area contributed by atoms with Gasteiger partial charge in [-0.15, -0.1) is 10.2 Å². The molecule has 1 aliphatic rings. The van der Waals surface area contributed by atoms with Crippen molar-refractivity contribution in [2.75, 3.05) is 0 Å². The molecule has 0 aliphatic carbocycles. The average molecular weight is 358 g/mol. The Morgan fingerprint density at radius 1 is 0.926 bits per heavy atom. The predicted octanol–water partition coefficient (Wildman–Crippen LogP) is 5.55. The van der Waals surface area contributed by atoms with Gasteiger partial charge >= 0.3 is 0 Å². The molecule has 27 heavy (non-hydrogen) atoms. The second-order valence-corrected chi connectivity index (χ2v) is 7.53. The molecule has 0 amide bonds. The molecule has 0 unspecified atom stereocenters. The van der Waals surface area contributed by atoms with E-state index >= 15 is 0 Å². The zero-order valence-electron chi connectivity index (χ0n) is 16.1. The molecule has 2 aromatic carbocycles. The van der Waals surface area contributed by atoms with Crippen molar-refractivity contribution in [3.05, 3.63) is 65.5 Å². The summed E-state index contributed by atoms with van der Waals surface area (Å²) < 4.78 is 2.28. The molecule has 3 aromatic rings. The number of nitrogens with zero attached hydrogens (tertiary/aromatic N) is 4. The van der Waals surface area contributed by atoms with Crippen molar-refractivity contribution in [1.82, 2.24) is 14.8 Å². The molecule has 0 saturated heterocycles. The number of rotatable bonds is 4. The molecular formula is C23H26N4. The van der Waals surface area contributed by atoms with Gasteiger partial charge in [-0.25, -0.2) is 0 Å². The average Bonchev–Trinajstić information content (AvgIpc) is 2.95. The van der Waals surface area contributed by atoms with E-state index in [0.717, 1.165) is 41.4 Å². The van der Waals surface area contributed by atoms with Crippen molar-refractivity contribution in [1.29, 1.82) is 0 Å². The minimum atomic E-state index is 0.552. The minimum Gasteiger partial charge on any atom is -0.311 e. The summed E-state index contributed by atoms with van der Waals surface area (Å²) in [6, 6.07) is 16.9. The first-order valence-electron chi connectivity index (χ1n) is 9.87. The van der Waals surface area contributed by atoms with E-state index in [9.17, 15) is 0 Å². The molecule has 0 fully saturated rings. The molecule has 1 aromatic heterocycles. The van der Waals surface area contributed by atoms with E-state index in [1.807, 2.05) is 18.3 Å². The van der Waals surface area contributed by atoms with Crippen molar-refractivity contribution in [3.63, 3.8) is 0 Å². The molecule has 4 nitrogen and oxygen atoms in total. The highest BCUT2D eigenvalue weighted by Crippen LogP contribution is 2.24. The number of hydrogen-bond donors (Lipinski definition) is 0. The molecule has 0 bridgehead atoms. The molecule has 4 rings (SSSR count). The molecule has 0 saturated carbocycles. The molecule has 0 radical (unpaired) electrons. The van der Waals surface area contributed by atoms with Crippen LogP contribution >= 0.6 is 0 Å². The van der Waals surface area contributed by atoms with Crippen LogP contribution in [0.2, 0.25) is 0 Å². The molecule has 0 spiro atoms. The first kappa shape index (κ1) is 17.7. The van der Waals surface area contributed by atoms with E-state index in [0.29, 0.717) is 5.92 Å². The molecule has 138 valence electrons. The lowest BCUT2D eigenvalue weighted by Gasteiger charge is -2.07. The predicted molar refractivity (Wildman–Crippen MR) is 111 cm³/mol. The second-order valence-electron chi connectivity index (χ2n) is 7.53. The molecule has 4 heteroatoms. The van der Waals surface area contributed by atoms with E-state index in [2.05, 4.69) is 70.0 Å². The van der Waals surface area contributed by atoms with Gasteiger partial charge in [0.2, 0.25) is 0 Å². The van der Waals surface area contributed by atoms with E-state index in [1.165, 1.54) is 24.8 Å². The zero-order chi connectivity index (χ0) is 18.6. The molecular weight excluding hydrogens is 332 g/mol. The van der Waals surface area contributed by atoms with Crippen molar-refractivity contribution < 1.29 is 0 Å². The van der Waals surface area contributed by atoms with Crippen LogP contribution in [-0.4, -0.2) is 21.0 Å². The van der Waals surface area contributed by atoms with Crippen molar-refractivity contribution >= 4 is 11.9 Å². The molecule has 1 aliphatic heterocycles. The summed E-state index contributed by atoms with van der Waals surface area (Å²) in [5, 5.41) is 8.82. The Kier molecular flexibility index (Phi) is 5.14. The third-order valence-corrected chi connectivity index (χ3v) is 5.20. The standard InChI is InChI=1S/C23H26N4/c1-17(2)19-9-7-18(8-10-19)16-24-21-13-11-20(12-14-21)23-26-25-22-6-4-3-5-15-27(22)23/h7-14,16-17H,3-6,15H2,1-2H3. The number of fused-ring (bicyclic) bond motifs is 1. The lowest BCUT2D eigenvalue weighted by Crippen LogP contribution is -2.02. The number of aliphatic imine (C=N–C) groups is 1. The van der Waals surface area contributed by atoms with Gasteiger partial charge in [0.05, 0.1) is 5.69 Å². The largest absolute Gasteiger partial charge is 0.311 e. The second kappa shape index (κ2) is 7.87. The fourth-order valence-electron chi connectivity index (χ4n) is 3.51. The first-order valence-corrected chi connectivity index (χ1v) is 9.87. The van der Waals surface area contributed by atoms with Crippen molar-refractivity contribution in [3.8, 4) is 11.4 Å². The Morgan fingerprint density at radius 3 is 2.44 bits per heavy atom. The van der Waals surface area contributed by atoms with Crippen LogP contribution in [0.3, 0.4) is 0 Å². The SMILES string of the molecule is CC(C)c1ccc(C=Nc2ccc(-c3nnc4n3CCCCC4)cc2)cc1. The van der Waals surface area contributed by atoms with Crippen molar-refractivity contribution in [2.24, 2.45) is 4.99 Å². The summed E-state index contributed by atoms with van der Waals surface area (Å²) in [6.07, 6.45) is 6.64. The summed E-state index contributed by atoms with van der Waals surface area (Å²) in [5.41, 5.74) is 4.52. The van der Waals surface area contributed by atoms with Crippen LogP contribution in [0.1, 0.15) is 56.0 Å². The van der Waals surface area contributed by atoms with Crippen LogP contribution < -0.4 is 0 Å². The highest BCUT2D eigenvalue weighted by atomic mass is 15.3. The van der Waals surface area contributed by atoms with E-state index in [1.54, 1.807) is 0 Å². The molecule has 0 N–H and O–H groups in total. The van der Waals surface area contributed by atoms with Gasteiger partial charge in [-0.1, -0.05) is 44.5 Å². The number of hydrogen-bond acceptors (Lipinski definition) is 3. The van der Waals surface area contributed by atoms with Crippen LogP contribution in [0.5, 0.6) is 0 Å². The van der Waals surface area contributed by atoms with Crippen LogP contribution in [0.25, 0.3) is 11.4 Å². The Hall–Kier alpha value is -2.75. The fourth-order valence-corrected chi connectivity index (χ4v) is 3.51. The van der Waals surface area contributed by atoms with E-state index in [4.69, 9.17) is 0 Å². The molecule has 0 atom stereocenters. The van der Waals surface area contributed by atoms with Crippen LogP contribution in [-0.2, 0) is 13.0 Å². The number of aromatic nitrogens is 3. The van der Waals surface area contributed by atoms with Gasteiger partial charge in [0, 0.05) is 24.7 Å². The van der Waals surface area contributed by atoms with Gasteiger partial charge in [0.1, 0.15) is 5.82 Å². The maximum absolute atomic E-state index is 4.61. The third-order valence-electron chi connectivity index (χ3n) is 5.20. The summed E-state index contributed by atoms with van der Waals surface area (Å²) in [6.45, 7) is 5.43. The van der Waals surface area contributed by atoms with Gasteiger partial charge in [0.15, 0.2) is 5.82 Å². The quantitative estimate of drug-likeness (QED) is 0.574. The Labute approximate surface area is 161 Å². The monoisotopic (exact) mass is 358 g/mol.